The van der Waals surface area contributed by atoms with Gasteiger partial charge in [-0.2, -0.15) is 5.06 Å². The number of terminal acetylenes is 1. The molecular weight excluding hydrogens is 652 g/mol. The molecular formula is C44H68N2O6. The third kappa shape index (κ3) is 15.5. The van der Waals surface area contributed by atoms with Gasteiger partial charge in [0.15, 0.2) is 6.11 Å². The van der Waals surface area contributed by atoms with E-state index in [9.17, 15) is 9.59 Å². The quantitative estimate of drug-likeness (QED) is 0.0701. The number of rotatable bonds is 20. The zero-order chi connectivity index (χ0) is 38.7. The number of ether oxygens (including phenoxy) is 2. The van der Waals surface area contributed by atoms with Gasteiger partial charge < -0.3 is 14.3 Å². The number of hydrogen-bond donors (Lipinski definition) is 0. The van der Waals surface area contributed by atoms with E-state index in [1.54, 1.807) is 0 Å². The third-order valence-corrected chi connectivity index (χ3v) is 10.2. The predicted octanol–water partition coefficient (Wildman–Crippen LogP) is 9.06. The molecule has 0 aromatic rings. The molecule has 2 fully saturated rings. The number of hydroxylamine groups is 4. The summed E-state index contributed by atoms with van der Waals surface area (Å²) < 4.78 is 12.0. The zero-order valence-corrected chi connectivity index (χ0v) is 34.0. The minimum atomic E-state index is -0.407. The first-order valence-electron chi connectivity index (χ1n) is 19.8. The van der Waals surface area contributed by atoms with Gasteiger partial charge in [-0.15, -0.1) is 11.5 Å². The van der Waals surface area contributed by atoms with E-state index in [1.165, 1.54) is 32.1 Å². The molecule has 52 heavy (non-hydrogen) atoms. The van der Waals surface area contributed by atoms with Crippen molar-refractivity contribution in [2.75, 3.05) is 6.61 Å². The van der Waals surface area contributed by atoms with Crippen LogP contribution in [-0.4, -0.2) is 63.0 Å². The van der Waals surface area contributed by atoms with Crippen LogP contribution in [0.1, 0.15) is 178 Å². The summed E-state index contributed by atoms with van der Waals surface area (Å²) in [6, 6.07) is 0. The maximum absolute atomic E-state index is 12.9. The molecule has 0 aromatic carbocycles. The van der Waals surface area contributed by atoms with Crippen molar-refractivity contribution in [1.82, 2.24) is 10.1 Å². The highest BCUT2D eigenvalue weighted by atomic mass is 16.7. The van der Waals surface area contributed by atoms with Crippen LogP contribution in [0.3, 0.4) is 0 Å². The van der Waals surface area contributed by atoms with Gasteiger partial charge >= 0.3 is 11.9 Å². The van der Waals surface area contributed by atoms with E-state index in [0.29, 0.717) is 32.3 Å². The first kappa shape index (κ1) is 45.0. The molecule has 0 radical (unpaired) electrons. The highest BCUT2D eigenvalue weighted by molar-refractivity contribution is 5.70. The maximum Gasteiger partial charge on any atom is 0.306 e. The molecule has 0 bridgehead atoms. The van der Waals surface area contributed by atoms with Gasteiger partial charge in [0, 0.05) is 49.0 Å². The predicted molar refractivity (Wildman–Crippen MR) is 208 cm³/mol. The van der Waals surface area contributed by atoms with E-state index in [-0.39, 0.29) is 29.7 Å². The average molecular weight is 721 g/mol. The molecule has 2 rings (SSSR count). The topological polar surface area (TPSA) is 77.5 Å². The maximum atomic E-state index is 12.9. The van der Waals surface area contributed by atoms with Crippen LogP contribution in [0.2, 0.25) is 0 Å². The monoisotopic (exact) mass is 721 g/mol. The van der Waals surface area contributed by atoms with Crippen molar-refractivity contribution in [1.29, 1.82) is 0 Å². The lowest BCUT2D eigenvalue weighted by Gasteiger charge is -2.54. The van der Waals surface area contributed by atoms with Crippen molar-refractivity contribution in [3.63, 3.8) is 0 Å². The van der Waals surface area contributed by atoms with Crippen LogP contribution in [0.4, 0.5) is 0 Å². The van der Waals surface area contributed by atoms with E-state index in [2.05, 4.69) is 109 Å². The average Bonchev–Trinajstić information content (AvgIpc) is 3.04. The van der Waals surface area contributed by atoms with Crippen LogP contribution in [0, 0.1) is 48.1 Å². The standard InChI is InChI=1S/C44H68N2O6/c1-11-13-15-17-23-27-33-49-45-42(5,6)35-37(36-43(45,7)8)51-39(47)29-25-21-19-20-22-26-30-40(48)52-38-31-32-41(3,4)46(44(38,9)10)50-34-28-24-18-16-14-12-2/h1,37-38H,12,14,16,18-22,24-26,28-32,34-36H2,2-10H3. The minimum Gasteiger partial charge on any atom is -0.462 e. The lowest BCUT2D eigenvalue weighted by molar-refractivity contribution is -0.304. The Kier molecular flexibility index (Phi) is 19.2. The van der Waals surface area contributed by atoms with Gasteiger partial charge in [0.2, 0.25) is 0 Å². The van der Waals surface area contributed by atoms with Crippen molar-refractivity contribution in [2.45, 2.75) is 212 Å². The summed E-state index contributed by atoms with van der Waals surface area (Å²) in [6.45, 7) is 19.9. The summed E-state index contributed by atoms with van der Waals surface area (Å²) in [5.74, 6) is 14.6. The van der Waals surface area contributed by atoms with Crippen LogP contribution < -0.4 is 0 Å². The van der Waals surface area contributed by atoms with Crippen LogP contribution in [-0.2, 0) is 28.7 Å². The number of carbonyl (C=O) groups is 2. The summed E-state index contributed by atoms with van der Waals surface area (Å²) >= 11 is 0. The Balaban J connectivity index is 1.64. The number of hydrogen-bond acceptors (Lipinski definition) is 8. The van der Waals surface area contributed by atoms with E-state index < -0.39 is 16.6 Å². The fraction of sp³-hybridized carbons (Fsp3) is 0.773. The van der Waals surface area contributed by atoms with Gasteiger partial charge in [0.05, 0.1) is 23.2 Å². The van der Waals surface area contributed by atoms with Crippen LogP contribution in [0.25, 0.3) is 0 Å². The summed E-state index contributed by atoms with van der Waals surface area (Å²) in [7, 11) is 0. The minimum absolute atomic E-state index is 0.112. The lowest BCUT2D eigenvalue weighted by atomic mass is 9.79. The molecule has 0 aliphatic carbocycles. The van der Waals surface area contributed by atoms with Crippen LogP contribution in [0.15, 0.2) is 0 Å². The summed E-state index contributed by atoms with van der Waals surface area (Å²) in [4.78, 5) is 37.8. The van der Waals surface area contributed by atoms with Gasteiger partial charge in [0.25, 0.3) is 0 Å². The molecule has 0 N–H and O–H groups in total. The number of piperidine rings is 2. The highest BCUT2D eigenvalue weighted by Crippen LogP contribution is 2.41. The zero-order valence-electron chi connectivity index (χ0n) is 34.0. The fourth-order valence-electron chi connectivity index (χ4n) is 7.87. The molecule has 8 nitrogen and oxygen atoms in total. The Hall–Kier alpha value is -3.14. The van der Waals surface area contributed by atoms with Crippen molar-refractivity contribution < 1.29 is 28.7 Å². The Bertz CT molecular complexity index is 1340. The molecule has 2 heterocycles. The lowest BCUT2D eigenvalue weighted by Crippen LogP contribution is -2.65. The summed E-state index contributed by atoms with van der Waals surface area (Å²) in [5, 5.41) is 3.98. The summed E-state index contributed by atoms with van der Waals surface area (Å²) in [5.41, 5.74) is -1.33. The van der Waals surface area contributed by atoms with Crippen LogP contribution >= 0.6 is 0 Å². The van der Waals surface area contributed by atoms with Crippen molar-refractivity contribution in [3.8, 4) is 48.1 Å². The van der Waals surface area contributed by atoms with Crippen molar-refractivity contribution >= 4 is 11.9 Å². The van der Waals surface area contributed by atoms with E-state index in [1.807, 2.05) is 5.06 Å². The molecule has 0 amide bonds. The van der Waals surface area contributed by atoms with Crippen molar-refractivity contribution in [2.24, 2.45) is 0 Å². The normalized spacial score (nSPS) is 20.4. The number of nitrogens with zero attached hydrogens (tertiary/aromatic N) is 2. The van der Waals surface area contributed by atoms with Crippen molar-refractivity contribution in [3.05, 3.63) is 0 Å². The Morgan fingerprint density at radius 1 is 0.654 bits per heavy atom. The fourth-order valence-corrected chi connectivity index (χ4v) is 7.87. The van der Waals surface area contributed by atoms with E-state index >= 15 is 0 Å². The first-order valence-corrected chi connectivity index (χ1v) is 19.8. The van der Waals surface area contributed by atoms with Gasteiger partial charge in [-0.05, 0) is 105 Å². The second kappa shape index (κ2) is 22.2. The van der Waals surface area contributed by atoms with Gasteiger partial charge in [-0.25, -0.2) is 0 Å². The first-order chi connectivity index (χ1) is 24.6. The second-order valence-electron chi connectivity index (χ2n) is 16.9. The number of esters is 2. The molecule has 8 heteroatoms. The second-order valence-corrected chi connectivity index (χ2v) is 16.9. The Morgan fingerprint density at radius 3 is 1.77 bits per heavy atom. The third-order valence-electron chi connectivity index (χ3n) is 10.2. The van der Waals surface area contributed by atoms with Crippen LogP contribution in [0.5, 0.6) is 0 Å². The number of unbranched alkanes of at least 4 members (excludes halogenated alkanes) is 10. The largest absolute Gasteiger partial charge is 0.462 e. The number of carbonyl (C=O) groups excluding carboxylic acids is 2. The molecule has 1 unspecified atom stereocenters. The summed E-state index contributed by atoms with van der Waals surface area (Å²) in [6.07, 6.45) is 24.1. The molecule has 2 saturated heterocycles. The molecule has 2 aliphatic rings. The Morgan fingerprint density at radius 2 is 1.17 bits per heavy atom. The molecule has 2 aliphatic heterocycles. The molecule has 0 aromatic heterocycles. The molecule has 0 spiro atoms. The smallest absolute Gasteiger partial charge is 0.306 e. The molecule has 0 saturated carbocycles. The van der Waals surface area contributed by atoms with Gasteiger partial charge in [0.1, 0.15) is 12.2 Å². The van der Waals surface area contributed by atoms with Gasteiger partial charge in [-0.1, -0.05) is 64.7 Å². The molecule has 1 atom stereocenters. The van der Waals surface area contributed by atoms with E-state index in [0.717, 1.165) is 57.8 Å². The Labute approximate surface area is 317 Å². The van der Waals surface area contributed by atoms with E-state index in [4.69, 9.17) is 25.6 Å². The van der Waals surface area contributed by atoms with Gasteiger partial charge in [-0.3, -0.25) is 14.4 Å². The molecule has 290 valence electrons. The highest BCUT2D eigenvalue weighted by Gasteiger charge is 2.50. The SMILES string of the molecule is C#CC#CC#CC#CON1C(C)(C)CC(OC(=O)CCCCCCCCC(=O)OC2CCC(C)(C)N(OCCCCCCCC)C2(C)C)CC1(C)C.